The number of aromatic nitrogens is 1. The van der Waals surface area contributed by atoms with E-state index in [0.717, 1.165) is 11.1 Å². The van der Waals surface area contributed by atoms with Gasteiger partial charge >= 0.3 is 0 Å². The SMILES string of the molecule is CCN=C([S-])C(C(=O)c1ccc(-c2ccccc2)cc1)[n+]1ccccc1. The van der Waals surface area contributed by atoms with Gasteiger partial charge in [-0.25, -0.2) is 0 Å². The number of aliphatic imine (C=N–C) groups is 1. The van der Waals surface area contributed by atoms with Gasteiger partial charge in [-0.15, -0.1) is 0 Å². The maximum atomic E-state index is 13.1. The zero-order chi connectivity index (χ0) is 18.4. The normalized spacial score (nSPS) is 12.6. The van der Waals surface area contributed by atoms with Crippen LogP contribution in [-0.4, -0.2) is 17.4 Å². The summed E-state index contributed by atoms with van der Waals surface area (Å²) >= 11 is 5.43. The summed E-state index contributed by atoms with van der Waals surface area (Å²) in [5.41, 5.74) is 2.82. The Hall–Kier alpha value is -2.85. The van der Waals surface area contributed by atoms with Gasteiger partial charge in [0.2, 0.25) is 11.8 Å². The third-order valence-electron chi connectivity index (χ3n) is 4.11. The fourth-order valence-corrected chi connectivity index (χ4v) is 3.17. The fraction of sp³-hybridized carbons (Fsp3) is 0.136. The van der Waals surface area contributed by atoms with Gasteiger partial charge < -0.3 is 17.6 Å². The number of ketones is 1. The van der Waals surface area contributed by atoms with Crippen LogP contribution in [0.4, 0.5) is 0 Å². The maximum Gasteiger partial charge on any atom is 0.237 e. The molecule has 0 aliphatic carbocycles. The molecule has 26 heavy (non-hydrogen) atoms. The molecular formula is C22H20N2OS. The predicted octanol–water partition coefficient (Wildman–Crippen LogP) is 4.03. The molecule has 0 aliphatic rings. The van der Waals surface area contributed by atoms with E-state index < -0.39 is 6.04 Å². The Labute approximate surface area is 159 Å². The van der Waals surface area contributed by atoms with Crippen LogP contribution in [0.3, 0.4) is 0 Å². The largest absolute Gasteiger partial charge is 0.758 e. The molecule has 2 aromatic carbocycles. The van der Waals surface area contributed by atoms with Crippen molar-refractivity contribution in [3.8, 4) is 11.1 Å². The van der Waals surface area contributed by atoms with Gasteiger partial charge in [-0.1, -0.05) is 60.7 Å². The van der Waals surface area contributed by atoms with Crippen LogP contribution in [0.25, 0.3) is 11.1 Å². The monoisotopic (exact) mass is 360 g/mol. The smallest absolute Gasteiger partial charge is 0.237 e. The maximum absolute atomic E-state index is 13.1. The number of pyridine rings is 1. The van der Waals surface area contributed by atoms with Gasteiger partial charge in [0.1, 0.15) is 0 Å². The first-order chi connectivity index (χ1) is 12.7. The van der Waals surface area contributed by atoms with Gasteiger partial charge in [0.25, 0.3) is 0 Å². The molecule has 0 bridgehead atoms. The van der Waals surface area contributed by atoms with E-state index in [9.17, 15) is 4.79 Å². The highest BCUT2D eigenvalue weighted by Gasteiger charge is 2.27. The topological polar surface area (TPSA) is 33.3 Å². The molecule has 0 radical (unpaired) electrons. The number of nitrogens with zero attached hydrogens (tertiary/aromatic N) is 2. The van der Waals surface area contributed by atoms with Crippen LogP contribution < -0.4 is 4.57 Å². The predicted molar refractivity (Wildman–Crippen MR) is 107 cm³/mol. The van der Waals surface area contributed by atoms with Crippen molar-refractivity contribution in [2.75, 3.05) is 6.54 Å². The first kappa shape index (κ1) is 18.0. The van der Waals surface area contributed by atoms with Gasteiger partial charge in [-0.2, -0.15) is 4.57 Å². The Kier molecular flexibility index (Phi) is 5.87. The molecule has 0 aliphatic heterocycles. The van der Waals surface area contributed by atoms with Crippen LogP contribution in [0.2, 0.25) is 0 Å². The second kappa shape index (κ2) is 8.50. The highest BCUT2D eigenvalue weighted by Crippen LogP contribution is 2.21. The molecule has 0 saturated carbocycles. The summed E-state index contributed by atoms with van der Waals surface area (Å²) in [6.07, 6.45) is 3.69. The van der Waals surface area contributed by atoms with Crippen LogP contribution in [0, 0.1) is 0 Å². The first-order valence-corrected chi connectivity index (χ1v) is 8.98. The zero-order valence-electron chi connectivity index (χ0n) is 14.6. The molecule has 3 nitrogen and oxygen atoms in total. The molecule has 1 heterocycles. The Bertz CT molecular complexity index is 890. The Morgan fingerprint density at radius 2 is 1.50 bits per heavy atom. The van der Waals surface area contributed by atoms with E-state index in [1.807, 2.05) is 84.5 Å². The minimum Gasteiger partial charge on any atom is -0.758 e. The van der Waals surface area contributed by atoms with Crippen molar-refractivity contribution in [1.29, 1.82) is 0 Å². The van der Waals surface area contributed by atoms with Crippen molar-refractivity contribution in [1.82, 2.24) is 0 Å². The van der Waals surface area contributed by atoms with E-state index in [0.29, 0.717) is 17.2 Å². The average molecular weight is 360 g/mol. The van der Waals surface area contributed by atoms with E-state index in [4.69, 9.17) is 12.6 Å². The number of carbonyl (C=O) groups is 1. The molecule has 0 spiro atoms. The van der Waals surface area contributed by atoms with Crippen molar-refractivity contribution in [2.24, 2.45) is 4.99 Å². The highest BCUT2D eigenvalue weighted by molar-refractivity contribution is 7.77. The van der Waals surface area contributed by atoms with Crippen LogP contribution in [0.1, 0.15) is 23.3 Å². The van der Waals surface area contributed by atoms with E-state index in [-0.39, 0.29) is 5.78 Å². The molecule has 1 atom stereocenters. The van der Waals surface area contributed by atoms with Crippen molar-refractivity contribution < 1.29 is 9.36 Å². The van der Waals surface area contributed by atoms with Gasteiger partial charge in [-0.05, 0) is 23.1 Å². The number of Topliss-reactive ketones (excluding diaryl/α,β-unsaturated/α-hetero) is 1. The summed E-state index contributed by atoms with van der Waals surface area (Å²) < 4.78 is 1.81. The Morgan fingerprint density at radius 1 is 0.923 bits per heavy atom. The molecule has 4 heteroatoms. The molecule has 3 aromatic rings. The standard InChI is InChI=1S/C22H20N2OS/c1-2-23-22(26)20(24-15-7-4-8-16-24)21(25)19-13-11-18(12-14-19)17-9-5-3-6-10-17/h3-16,20H,2H2,1H3. The van der Waals surface area contributed by atoms with E-state index >= 15 is 0 Å². The highest BCUT2D eigenvalue weighted by atomic mass is 32.1. The molecule has 130 valence electrons. The lowest BCUT2D eigenvalue weighted by Gasteiger charge is -2.18. The second-order valence-electron chi connectivity index (χ2n) is 5.85. The molecule has 0 fully saturated rings. The quantitative estimate of drug-likeness (QED) is 0.219. The number of carbonyl (C=O) groups excluding carboxylic acids is 1. The van der Waals surface area contributed by atoms with Gasteiger partial charge in [0.15, 0.2) is 12.4 Å². The number of hydrogen-bond donors (Lipinski definition) is 0. The van der Waals surface area contributed by atoms with Crippen LogP contribution >= 0.6 is 0 Å². The first-order valence-electron chi connectivity index (χ1n) is 8.57. The Morgan fingerprint density at radius 3 is 2.12 bits per heavy atom. The summed E-state index contributed by atoms with van der Waals surface area (Å²) in [5.74, 6) is -0.0528. The van der Waals surface area contributed by atoms with Crippen molar-refractivity contribution in [2.45, 2.75) is 13.0 Å². The summed E-state index contributed by atoms with van der Waals surface area (Å²) in [6.45, 7) is 2.47. The van der Waals surface area contributed by atoms with Gasteiger partial charge in [0, 0.05) is 24.2 Å². The van der Waals surface area contributed by atoms with Crippen LogP contribution in [-0.2, 0) is 12.6 Å². The second-order valence-corrected chi connectivity index (χ2v) is 6.26. The van der Waals surface area contributed by atoms with E-state index in [1.165, 1.54) is 0 Å². The fourth-order valence-electron chi connectivity index (χ4n) is 2.82. The molecule has 3 rings (SSSR count). The molecular weight excluding hydrogens is 340 g/mol. The molecule has 0 amide bonds. The van der Waals surface area contributed by atoms with Gasteiger partial charge in [0.05, 0.1) is 0 Å². The summed E-state index contributed by atoms with van der Waals surface area (Å²) in [6, 6.07) is 22.8. The Balaban J connectivity index is 1.93. The van der Waals surface area contributed by atoms with E-state index in [1.54, 1.807) is 0 Å². The lowest BCUT2D eigenvalue weighted by atomic mass is 9.99. The average Bonchev–Trinajstić information content (AvgIpc) is 2.70. The van der Waals surface area contributed by atoms with Crippen molar-refractivity contribution >= 4 is 23.5 Å². The summed E-state index contributed by atoms with van der Waals surface area (Å²) in [4.78, 5) is 17.4. The molecule has 1 aromatic heterocycles. The number of hydrogen-bond acceptors (Lipinski definition) is 3. The lowest BCUT2D eigenvalue weighted by molar-refractivity contribution is -0.691. The minimum atomic E-state index is -0.603. The van der Waals surface area contributed by atoms with Crippen LogP contribution in [0.5, 0.6) is 0 Å². The van der Waals surface area contributed by atoms with Crippen molar-refractivity contribution in [3.63, 3.8) is 0 Å². The van der Waals surface area contributed by atoms with Crippen molar-refractivity contribution in [3.05, 3.63) is 90.8 Å². The molecule has 1 unspecified atom stereocenters. The minimum absolute atomic E-state index is 0.0528. The molecule has 0 N–H and O–H groups in total. The molecule has 0 saturated heterocycles. The van der Waals surface area contributed by atoms with E-state index in [2.05, 4.69) is 17.1 Å². The summed E-state index contributed by atoms with van der Waals surface area (Å²) in [5, 5.41) is 0.404. The van der Waals surface area contributed by atoms with Gasteiger partial charge in [-0.3, -0.25) is 4.79 Å². The lowest BCUT2D eigenvalue weighted by Crippen LogP contribution is -2.47. The number of benzene rings is 2. The third kappa shape index (κ3) is 4.03. The van der Waals surface area contributed by atoms with Crippen LogP contribution in [0.15, 0.2) is 90.2 Å². The summed E-state index contributed by atoms with van der Waals surface area (Å²) in [7, 11) is 0. The zero-order valence-corrected chi connectivity index (χ0v) is 15.4. The number of rotatable bonds is 6. The third-order valence-corrected chi connectivity index (χ3v) is 4.46.